The number of β-amino-alcohol motifs (C(OH)–C–C–N with tert-alkyl or cyclic N) is 1. The molecule has 2 aromatic rings. The molecular weight excluding hydrogens is 377 g/mol. The summed E-state index contributed by atoms with van der Waals surface area (Å²) in [7, 11) is 0. The molecule has 1 fully saturated rings. The van der Waals surface area contributed by atoms with Gasteiger partial charge in [-0.3, -0.25) is 9.59 Å². The number of carbonyl (C=O) groups is 2. The highest BCUT2D eigenvalue weighted by molar-refractivity contribution is 6.46. The van der Waals surface area contributed by atoms with E-state index in [0.717, 1.165) is 0 Å². The Morgan fingerprint density at radius 1 is 0.962 bits per heavy atom. The molecule has 0 bridgehead atoms. The van der Waals surface area contributed by atoms with Gasteiger partial charge in [-0.05, 0) is 42.0 Å². The predicted octanol–water partition coefficient (Wildman–Crippen LogP) is 3.41. The molecule has 1 amide bonds. The number of hydrogen-bond acceptors (Lipinski definition) is 4. The second-order valence-electron chi connectivity index (χ2n) is 5.77. The molecule has 1 saturated heterocycles. The minimum absolute atomic E-state index is 0.0325. The second-order valence-corrected chi connectivity index (χ2v) is 6.65. The number of halogens is 2. The molecule has 7 heteroatoms. The molecule has 3 rings (SSSR count). The van der Waals surface area contributed by atoms with Crippen LogP contribution in [0.15, 0.2) is 54.1 Å². The van der Waals surface area contributed by atoms with Gasteiger partial charge >= 0.3 is 0 Å². The Bertz CT molecular complexity index is 875. The fourth-order valence-electron chi connectivity index (χ4n) is 2.97. The number of likely N-dealkylation sites (tertiary alicyclic amines) is 1. The average molecular weight is 392 g/mol. The number of ketones is 1. The Balaban J connectivity index is 2.17. The van der Waals surface area contributed by atoms with Crippen LogP contribution >= 0.6 is 23.2 Å². The summed E-state index contributed by atoms with van der Waals surface area (Å²) in [5, 5.41) is 21.0. The molecule has 1 unspecified atom stereocenters. The Hall–Kier alpha value is -2.34. The Morgan fingerprint density at radius 2 is 1.50 bits per heavy atom. The van der Waals surface area contributed by atoms with Crippen molar-refractivity contribution < 1.29 is 19.8 Å². The quantitative estimate of drug-likeness (QED) is 0.475. The first kappa shape index (κ1) is 18.5. The van der Waals surface area contributed by atoms with Gasteiger partial charge in [0.05, 0.1) is 18.2 Å². The van der Waals surface area contributed by atoms with Crippen LogP contribution in [0.25, 0.3) is 5.76 Å². The number of Topliss-reactive ketones (excluding diaryl/α,β-unsaturated/α-hetero) is 1. The van der Waals surface area contributed by atoms with Gasteiger partial charge in [0.1, 0.15) is 5.76 Å². The first-order chi connectivity index (χ1) is 12.4. The Kier molecular flexibility index (Phi) is 5.32. The number of hydrogen-bond donors (Lipinski definition) is 2. The third-order valence-electron chi connectivity index (χ3n) is 4.18. The van der Waals surface area contributed by atoms with Crippen LogP contribution in [-0.2, 0) is 9.59 Å². The molecule has 0 saturated carbocycles. The lowest BCUT2D eigenvalue weighted by Crippen LogP contribution is -2.32. The van der Waals surface area contributed by atoms with Crippen molar-refractivity contribution in [3.05, 3.63) is 75.3 Å². The number of aliphatic hydroxyl groups is 2. The third kappa shape index (κ3) is 3.33. The highest BCUT2D eigenvalue weighted by Crippen LogP contribution is 2.39. The molecule has 1 aliphatic heterocycles. The van der Waals surface area contributed by atoms with E-state index in [0.29, 0.717) is 21.2 Å². The Morgan fingerprint density at radius 3 is 2.04 bits per heavy atom. The predicted molar refractivity (Wildman–Crippen MR) is 99.0 cm³/mol. The summed E-state index contributed by atoms with van der Waals surface area (Å²) in [6, 6.07) is 12.1. The van der Waals surface area contributed by atoms with Crippen LogP contribution < -0.4 is 0 Å². The second kappa shape index (κ2) is 7.50. The fourth-order valence-corrected chi connectivity index (χ4v) is 3.23. The number of benzene rings is 2. The number of amides is 1. The molecule has 0 aromatic heterocycles. The molecule has 2 aromatic carbocycles. The molecule has 1 aliphatic rings. The molecule has 134 valence electrons. The molecule has 26 heavy (non-hydrogen) atoms. The van der Waals surface area contributed by atoms with Crippen LogP contribution in [0.5, 0.6) is 0 Å². The lowest BCUT2D eigenvalue weighted by molar-refractivity contribution is -0.140. The summed E-state index contributed by atoms with van der Waals surface area (Å²) < 4.78 is 0. The van der Waals surface area contributed by atoms with Crippen molar-refractivity contribution >= 4 is 40.7 Å². The van der Waals surface area contributed by atoms with Gasteiger partial charge in [-0.2, -0.15) is 0 Å². The molecule has 0 spiro atoms. The smallest absolute Gasteiger partial charge is 0.295 e. The number of rotatable bonds is 4. The van der Waals surface area contributed by atoms with Crippen LogP contribution in [0.2, 0.25) is 10.0 Å². The van der Waals surface area contributed by atoms with Crippen molar-refractivity contribution in [3.8, 4) is 0 Å². The molecule has 2 N–H and O–H groups in total. The van der Waals surface area contributed by atoms with Crippen molar-refractivity contribution in [2.45, 2.75) is 6.04 Å². The van der Waals surface area contributed by atoms with Crippen LogP contribution in [0.4, 0.5) is 0 Å². The van der Waals surface area contributed by atoms with Crippen molar-refractivity contribution in [2.75, 3.05) is 13.2 Å². The zero-order valence-corrected chi connectivity index (χ0v) is 15.0. The minimum atomic E-state index is -0.810. The molecule has 1 heterocycles. The Labute approximate surface area is 160 Å². The molecule has 5 nitrogen and oxygen atoms in total. The maximum Gasteiger partial charge on any atom is 0.295 e. The van der Waals surface area contributed by atoms with E-state index < -0.39 is 17.7 Å². The van der Waals surface area contributed by atoms with Crippen LogP contribution in [0, 0.1) is 0 Å². The normalized spacial score (nSPS) is 19.2. The summed E-state index contributed by atoms with van der Waals surface area (Å²) in [4.78, 5) is 26.2. The topological polar surface area (TPSA) is 77.8 Å². The van der Waals surface area contributed by atoms with E-state index in [4.69, 9.17) is 23.2 Å². The number of carbonyl (C=O) groups excluding carboxylic acids is 2. The maximum absolute atomic E-state index is 12.6. The fraction of sp³-hybridized carbons (Fsp3) is 0.158. The number of aliphatic hydroxyl groups excluding tert-OH is 2. The summed E-state index contributed by atoms with van der Waals surface area (Å²) in [6.07, 6.45) is 0. The van der Waals surface area contributed by atoms with Crippen LogP contribution in [0.3, 0.4) is 0 Å². The summed E-state index contributed by atoms with van der Waals surface area (Å²) >= 11 is 11.8. The van der Waals surface area contributed by atoms with Crippen LogP contribution in [-0.4, -0.2) is 40.0 Å². The first-order valence-corrected chi connectivity index (χ1v) is 8.60. The zero-order valence-electron chi connectivity index (χ0n) is 13.5. The molecule has 1 atom stereocenters. The summed E-state index contributed by atoms with van der Waals surface area (Å²) in [5.74, 6) is -1.86. The van der Waals surface area contributed by atoms with Crippen molar-refractivity contribution in [2.24, 2.45) is 0 Å². The monoisotopic (exact) mass is 391 g/mol. The summed E-state index contributed by atoms with van der Waals surface area (Å²) in [5.41, 5.74) is 0.945. The van der Waals surface area contributed by atoms with Crippen molar-refractivity contribution in [1.29, 1.82) is 0 Å². The lowest BCUT2D eigenvalue weighted by Gasteiger charge is -2.24. The molecule has 0 aliphatic carbocycles. The van der Waals surface area contributed by atoms with E-state index in [1.54, 1.807) is 48.5 Å². The first-order valence-electron chi connectivity index (χ1n) is 7.84. The van der Waals surface area contributed by atoms with E-state index in [9.17, 15) is 19.8 Å². The lowest BCUT2D eigenvalue weighted by atomic mass is 9.95. The van der Waals surface area contributed by atoms with Gasteiger partial charge in [0.15, 0.2) is 0 Å². The largest absolute Gasteiger partial charge is 0.507 e. The van der Waals surface area contributed by atoms with E-state index in [1.165, 1.54) is 4.90 Å². The van der Waals surface area contributed by atoms with Gasteiger partial charge in [-0.25, -0.2) is 0 Å². The average Bonchev–Trinajstić information content (AvgIpc) is 2.88. The number of nitrogens with zero attached hydrogens (tertiary/aromatic N) is 1. The molecular formula is C19H15Cl2NO4. The standard InChI is InChI=1S/C19H15Cl2NO4/c20-13-5-1-11(2-6-13)16-15(18(25)19(26)22(16)9-10-23)17(24)12-3-7-14(21)8-4-12/h1-8,16,23-24H,9-10H2/b17-15+. The third-order valence-corrected chi connectivity index (χ3v) is 4.69. The zero-order chi connectivity index (χ0) is 18.8. The highest BCUT2D eigenvalue weighted by atomic mass is 35.5. The van der Waals surface area contributed by atoms with Crippen molar-refractivity contribution in [1.82, 2.24) is 4.90 Å². The van der Waals surface area contributed by atoms with E-state index in [2.05, 4.69) is 0 Å². The van der Waals surface area contributed by atoms with Gasteiger partial charge in [-0.15, -0.1) is 0 Å². The van der Waals surface area contributed by atoms with Gasteiger partial charge in [0.25, 0.3) is 11.7 Å². The van der Waals surface area contributed by atoms with Crippen LogP contribution in [0.1, 0.15) is 17.2 Å². The summed E-state index contributed by atoms with van der Waals surface area (Å²) in [6.45, 7) is -0.340. The van der Waals surface area contributed by atoms with E-state index in [1.807, 2.05) is 0 Å². The van der Waals surface area contributed by atoms with Gasteiger partial charge in [0.2, 0.25) is 0 Å². The van der Waals surface area contributed by atoms with Crippen molar-refractivity contribution in [3.63, 3.8) is 0 Å². The molecule has 0 radical (unpaired) electrons. The van der Waals surface area contributed by atoms with Gasteiger partial charge in [-0.1, -0.05) is 35.3 Å². The SMILES string of the molecule is O=C1C(=O)N(CCO)C(c2ccc(Cl)cc2)/C1=C(\O)c1ccc(Cl)cc1. The highest BCUT2D eigenvalue weighted by Gasteiger charge is 2.45. The van der Waals surface area contributed by atoms with E-state index >= 15 is 0 Å². The maximum atomic E-state index is 12.6. The van der Waals surface area contributed by atoms with E-state index in [-0.39, 0.29) is 24.5 Å². The minimum Gasteiger partial charge on any atom is -0.507 e. The van der Waals surface area contributed by atoms with Gasteiger partial charge < -0.3 is 15.1 Å². The van der Waals surface area contributed by atoms with Gasteiger partial charge in [0, 0.05) is 22.2 Å².